The van der Waals surface area contributed by atoms with E-state index in [1.165, 1.54) is 0 Å². The SMILES string of the molecule is CCC(=O)CCCCC1SCC(NC)C1NC=O. The summed E-state index contributed by atoms with van der Waals surface area (Å²) in [6.45, 7) is 1.91. The Hall–Kier alpha value is -0.550. The van der Waals surface area contributed by atoms with E-state index < -0.39 is 0 Å². The molecule has 0 aliphatic carbocycles. The molecule has 0 bridgehead atoms. The van der Waals surface area contributed by atoms with Crippen LogP contribution in [0.1, 0.15) is 39.0 Å². The minimum Gasteiger partial charge on any atom is -0.353 e. The quantitative estimate of drug-likeness (QED) is 0.491. The van der Waals surface area contributed by atoms with Gasteiger partial charge in [-0.15, -0.1) is 0 Å². The summed E-state index contributed by atoms with van der Waals surface area (Å²) in [7, 11) is 1.94. The van der Waals surface area contributed by atoms with Gasteiger partial charge in [0.1, 0.15) is 5.78 Å². The van der Waals surface area contributed by atoms with Gasteiger partial charge in [0.05, 0.1) is 6.04 Å². The first-order chi connectivity index (χ1) is 8.72. The van der Waals surface area contributed by atoms with E-state index >= 15 is 0 Å². The van der Waals surface area contributed by atoms with Gasteiger partial charge in [-0.2, -0.15) is 11.8 Å². The predicted molar refractivity (Wildman–Crippen MR) is 75.8 cm³/mol. The minimum absolute atomic E-state index is 0.222. The average molecular weight is 272 g/mol. The second-order valence-corrected chi connectivity index (χ2v) is 5.99. The molecule has 1 saturated heterocycles. The molecule has 0 aromatic rings. The lowest BCUT2D eigenvalue weighted by molar-refractivity contribution is -0.118. The molecule has 0 aromatic heterocycles. The number of likely N-dealkylation sites (N-methyl/N-ethyl adjacent to an activating group) is 1. The fourth-order valence-corrected chi connectivity index (χ4v) is 4.00. The van der Waals surface area contributed by atoms with E-state index in [1.807, 2.05) is 25.7 Å². The third kappa shape index (κ3) is 4.61. The highest BCUT2D eigenvalue weighted by molar-refractivity contribution is 8.00. The molecule has 2 N–H and O–H groups in total. The summed E-state index contributed by atoms with van der Waals surface area (Å²) in [6.07, 6.45) is 5.27. The van der Waals surface area contributed by atoms with Gasteiger partial charge in [-0.1, -0.05) is 13.3 Å². The molecule has 1 amide bonds. The molecule has 5 heteroatoms. The van der Waals surface area contributed by atoms with Crippen LogP contribution in [0, 0.1) is 0 Å². The van der Waals surface area contributed by atoms with Crippen molar-refractivity contribution in [3.05, 3.63) is 0 Å². The van der Waals surface area contributed by atoms with E-state index in [4.69, 9.17) is 0 Å². The number of Topliss-reactive ketones (excluding diaryl/α,β-unsaturated/α-hetero) is 1. The lowest BCUT2D eigenvalue weighted by Gasteiger charge is -2.22. The molecular formula is C13H24N2O2S. The summed E-state index contributed by atoms with van der Waals surface area (Å²) >= 11 is 1.92. The van der Waals surface area contributed by atoms with Crippen LogP contribution in [0.5, 0.6) is 0 Å². The highest BCUT2D eigenvalue weighted by Crippen LogP contribution is 2.31. The first-order valence-electron chi connectivity index (χ1n) is 6.73. The summed E-state index contributed by atoms with van der Waals surface area (Å²) in [4.78, 5) is 21.8. The van der Waals surface area contributed by atoms with Gasteiger partial charge in [0.25, 0.3) is 0 Å². The molecule has 0 aromatic carbocycles. The molecule has 1 aliphatic heterocycles. The number of nitrogens with one attached hydrogen (secondary N) is 2. The maximum Gasteiger partial charge on any atom is 0.207 e. The molecule has 1 rings (SSSR count). The van der Waals surface area contributed by atoms with E-state index in [1.54, 1.807) is 0 Å². The smallest absolute Gasteiger partial charge is 0.207 e. The summed E-state index contributed by atoms with van der Waals surface area (Å²) in [5.41, 5.74) is 0. The Kier molecular flexibility index (Phi) is 7.35. The van der Waals surface area contributed by atoms with Crippen molar-refractivity contribution in [2.45, 2.75) is 56.4 Å². The zero-order valence-electron chi connectivity index (χ0n) is 11.3. The van der Waals surface area contributed by atoms with Crippen molar-refractivity contribution in [2.24, 2.45) is 0 Å². The number of thioether (sulfide) groups is 1. The Morgan fingerprint density at radius 3 is 2.83 bits per heavy atom. The van der Waals surface area contributed by atoms with E-state index in [0.717, 1.165) is 31.4 Å². The number of hydrogen-bond acceptors (Lipinski definition) is 4. The van der Waals surface area contributed by atoms with Gasteiger partial charge in [-0.05, 0) is 19.9 Å². The lowest BCUT2D eigenvalue weighted by atomic mass is 10.0. The molecule has 4 nitrogen and oxygen atoms in total. The van der Waals surface area contributed by atoms with Crippen LogP contribution < -0.4 is 10.6 Å². The molecule has 3 atom stereocenters. The van der Waals surface area contributed by atoms with Crippen molar-refractivity contribution >= 4 is 24.0 Å². The standard InChI is InChI=1S/C13H24N2O2S/c1-3-10(17)6-4-5-7-12-13(15-9-16)11(14-2)8-18-12/h9,11-14H,3-8H2,1-2H3,(H,15,16). The Labute approximate surface area is 114 Å². The largest absolute Gasteiger partial charge is 0.353 e. The zero-order chi connectivity index (χ0) is 13.4. The summed E-state index contributed by atoms with van der Waals surface area (Å²) in [5, 5.41) is 6.65. The van der Waals surface area contributed by atoms with Crippen molar-refractivity contribution in [3.63, 3.8) is 0 Å². The Morgan fingerprint density at radius 2 is 2.22 bits per heavy atom. The third-order valence-corrected chi connectivity index (χ3v) is 5.05. The van der Waals surface area contributed by atoms with E-state index in [-0.39, 0.29) is 6.04 Å². The summed E-state index contributed by atoms with van der Waals surface area (Å²) < 4.78 is 0. The molecule has 0 saturated carbocycles. The van der Waals surface area contributed by atoms with Gasteiger partial charge in [0.2, 0.25) is 6.41 Å². The number of rotatable bonds is 9. The van der Waals surface area contributed by atoms with Crippen molar-refractivity contribution in [1.82, 2.24) is 10.6 Å². The molecule has 18 heavy (non-hydrogen) atoms. The van der Waals surface area contributed by atoms with Crippen LogP contribution in [0.15, 0.2) is 0 Å². The summed E-state index contributed by atoms with van der Waals surface area (Å²) in [6, 6.07) is 0.585. The number of hydrogen-bond donors (Lipinski definition) is 2. The van der Waals surface area contributed by atoms with Crippen LogP contribution in [0.3, 0.4) is 0 Å². The van der Waals surface area contributed by atoms with Crippen molar-refractivity contribution < 1.29 is 9.59 Å². The first kappa shape index (κ1) is 15.5. The second kappa shape index (κ2) is 8.53. The number of carbonyl (C=O) groups is 2. The number of carbonyl (C=O) groups excluding carboxylic acids is 2. The lowest BCUT2D eigenvalue weighted by Crippen LogP contribution is -2.48. The van der Waals surface area contributed by atoms with Crippen LogP contribution in [0.25, 0.3) is 0 Å². The van der Waals surface area contributed by atoms with Crippen molar-refractivity contribution in [1.29, 1.82) is 0 Å². The molecule has 1 aliphatic rings. The molecule has 1 heterocycles. The second-order valence-electron chi connectivity index (χ2n) is 4.72. The van der Waals surface area contributed by atoms with E-state index in [2.05, 4.69) is 10.6 Å². The van der Waals surface area contributed by atoms with Gasteiger partial charge >= 0.3 is 0 Å². The van der Waals surface area contributed by atoms with Crippen molar-refractivity contribution in [3.8, 4) is 0 Å². The fraction of sp³-hybridized carbons (Fsp3) is 0.846. The fourth-order valence-electron chi connectivity index (χ4n) is 2.37. The van der Waals surface area contributed by atoms with Crippen LogP contribution in [-0.2, 0) is 9.59 Å². The van der Waals surface area contributed by atoms with Crippen LogP contribution in [0.4, 0.5) is 0 Å². The highest BCUT2D eigenvalue weighted by Gasteiger charge is 2.34. The molecule has 0 radical (unpaired) electrons. The van der Waals surface area contributed by atoms with Gasteiger partial charge < -0.3 is 10.6 Å². The Bertz CT molecular complexity index is 274. The van der Waals surface area contributed by atoms with Crippen LogP contribution >= 0.6 is 11.8 Å². The third-order valence-electron chi connectivity index (χ3n) is 3.54. The summed E-state index contributed by atoms with van der Waals surface area (Å²) in [5.74, 6) is 1.39. The van der Waals surface area contributed by atoms with Gasteiger partial charge in [-0.3, -0.25) is 9.59 Å². The maximum atomic E-state index is 11.2. The molecule has 104 valence electrons. The predicted octanol–water partition coefficient (Wildman–Crippen LogP) is 1.34. The maximum absolute atomic E-state index is 11.2. The topological polar surface area (TPSA) is 58.2 Å². The molecule has 0 spiro atoms. The number of unbranched alkanes of at least 4 members (excludes halogenated alkanes) is 1. The monoisotopic (exact) mass is 272 g/mol. The normalized spacial score (nSPS) is 27.1. The van der Waals surface area contributed by atoms with Crippen LogP contribution in [0.2, 0.25) is 0 Å². The van der Waals surface area contributed by atoms with E-state index in [9.17, 15) is 9.59 Å². The molecular weight excluding hydrogens is 248 g/mol. The highest BCUT2D eigenvalue weighted by atomic mass is 32.2. The van der Waals surface area contributed by atoms with Crippen molar-refractivity contribution in [2.75, 3.05) is 12.8 Å². The Balaban J connectivity index is 2.28. The number of ketones is 1. The Morgan fingerprint density at radius 1 is 1.44 bits per heavy atom. The average Bonchev–Trinajstić information content (AvgIpc) is 2.77. The minimum atomic E-state index is 0.222. The van der Waals surface area contributed by atoms with Crippen LogP contribution in [-0.4, -0.2) is 42.3 Å². The first-order valence-corrected chi connectivity index (χ1v) is 7.78. The van der Waals surface area contributed by atoms with Gasteiger partial charge in [-0.25, -0.2) is 0 Å². The molecule has 3 unspecified atom stereocenters. The molecule has 1 fully saturated rings. The van der Waals surface area contributed by atoms with Gasteiger partial charge in [0, 0.05) is 29.9 Å². The zero-order valence-corrected chi connectivity index (χ0v) is 12.1. The number of amides is 1. The van der Waals surface area contributed by atoms with E-state index in [0.29, 0.717) is 29.9 Å². The van der Waals surface area contributed by atoms with Gasteiger partial charge in [0.15, 0.2) is 0 Å².